The van der Waals surface area contributed by atoms with Gasteiger partial charge in [-0.15, -0.1) is 0 Å². The first-order chi connectivity index (χ1) is 14.1. The van der Waals surface area contributed by atoms with E-state index in [0.29, 0.717) is 23.7 Å². The van der Waals surface area contributed by atoms with Crippen LogP contribution < -0.4 is 24.4 Å². The highest BCUT2D eigenvalue weighted by Gasteiger charge is 2.20. The molecule has 0 spiro atoms. The fraction of sp³-hybridized carbons (Fsp3) is 0.409. The monoisotopic (exact) mass is 402 g/mol. The molecule has 6 nitrogen and oxygen atoms in total. The van der Waals surface area contributed by atoms with Gasteiger partial charge in [-0.1, -0.05) is 12.1 Å². The summed E-state index contributed by atoms with van der Waals surface area (Å²) in [6.45, 7) is 1.74. The predicted octanol–water partition coefficient (Wildman–Crippen LogP) is 4.02. The van der Waals surface area contributed by atoms with Crippen LogP contribution in [0.1, 0.15) is 24.8 Å². The molecule has 0 radical (unpaired) electrons. The molecule has 1 N–H and O–H groups in total. The predicted molar refractivity (Wildman–Crippen MR) is 111 cm³/mol. The summed E-state index contributed by atoms with van der Waals surface area (Å²) in [5, 5.41) is 2.76. The Balaban J connectivity index is 1.73. The van der Waals surface area contributed by atoms with Gasteiger partial charge in [-0.3, -0.25) is 4.79 Å². The van der Waals surface area contributed by atoms with Crippen LogP contribution in [0.15, 0.2) is 30.3 Å². The minimum atomic E-state index is -0.425. The number of nitrogens with zero attached hydrogens (tertiary/aromatic N) is 1. The molecule has 0 unspecified atom stereocenters. The molecule has 1 aliphatic rings. The number of hydrogen-bond acceptors (Lipinski definition) is 5. The van der Waals surface area contributed by atoms with E-state index in [1.165, 1.54) is 13.2 Å². The van der Waals surface area contributed by atoms with Gasteiger partial charge in [-0.05, 0) is 43.0 Å². The Morgan fingerprint density at radius 1 is 1.03 bits per heavy atom. The summed E-state index contributed by atoms with van der Waals surface area (Å²) in [5.41, 5.74) is 1.80. The van der Waals surface area contributed by atoms with E-state index in [1.807, 2.05) is 12.1 Å². The van der Waals surface area contributed by atoms with Crippen LogP contribution in [0, 0.1) is 5.82 Å². The maximum atomic E-state index is 14.4. The van der Waals surface area contributed by atoms with Crippen LogP contribution in [-0.4, -0.2) is 40.3 Å². The van der Waals surface area contributed by atoms with Gasteiger partial charge in [0.2, 0.25) is 11.7 Å². The number of carbonyl (C=O) groups is 1. The number of aryl methyl sites for hydroxylation is 1. The SMILES string of the molecule is COc1ccc(CCC(=O)Nc2c(F)cccc2N2CCCC2)c(OC)c1OC. The second kappa shape index (κ2) is 9.49. The van der Waals surface area contributed by atoms with E-state index in [1.54, 1.807) is 26.4 Å². The highest BCUT2D eigenvalue weighted by Crippen LogP contribution is 2.40. The topological polar surface area (TPSA) is 60.0 Å². The minimum Gasteiger partial charge on any atom is -0.493 e. The molecule has 29 heavy (non-hydrogen) atoms. The van der Waals surface area contributed by atoms with Crippen molar-refractivity contribution >= 4 is 17.3 Å². The molecule has 0 saturated carbocycles. The number of benzene rings is 2. The Morgan fingerprint density at radius 3 is 2.41 bits per heavy atom. The highest BCUT2D eigenvalue weighted by molar-refractivity contribution is 5.94. The fourth-order valence-electron chi connectivity index (χ4n) is 3.67. The van der Waals surface area contributed by atoms with Crippen molar-refractivity contribution in [2.75, 3.05) is 44.6 Å². The second-order valence-corrected chi connectivity index (χ2v) is 6.87. The lowest BCUT2D eigenvalue weighted by Crippen LogP contribution is -2.22. The van der Waals surface area contributed by atoms with Crippen LogP contribution in [0.2, 0.25) is 0 Å². The van der Waals surface area contributed by atoms with E-state index in [-0.39, 0.29) is 18.0 Å². The van der Waals surface area contributed by atoms with Crippen LogP contribution in [0.5, 0.6) is 17.2 Å². The smallest absolute Gasteiger partial charge is 0.224 e. The van der Waals surface area contributed by atoms with Crippen molar-refractivity contribution in [1.29, 1.82) is 0 Å². The molecule has 1 saturated heterocycles. The lowest BCUT2D eigenvalue weighted by atomic mass is 10.1. The largest absolute Gasteiger partial charge is 0.493 e. The Morgan fingerprint density at radius 2 is 1.76 bits per heavy atom. The molecular formula is C22H27FN2O4. The summed E-state index contributed by atoms with van der Waals surface area (Å²) < 4.78 is 30.6. The maximum absolute atomic E-state index is 14.4. The molecule has 1 fully saturated rings. The van der Waals surface area contributed by atoms with Gasteiger partial charge in [0.25, 0.3) is 0 Å². The fourth-order valence-corrected chi connectivity index (χ4v) is 3.67. The van der Waals surface area contributed by atoms with Crippen LogP contribution in [0.3, 0.4) is 0 Å². The van der Waals surface area contributed by atoms with E-state index in [2.05, 4.69) is 10.2 Å². The van der Waals surface area contributed by atoms with Gasteiger partial charge in [-0.2, -0.15) is 0 Å². The van der Waals surface area contributed by atoms with Crippen molar-refractivity contribution < 1.29 is 23.4 Å². The van der Waals surface area contributed by atoms with Gasteiger partial charge in [0.15, 0.2) is 11.5 Å². The number of hydrogen-bond donors (Lipinski definition) is 1. The molecule has 0 bridgehead atoms. The van der Waals surface area contributed by atoms with Gasteiger partial charge < -0.3 is 24.4 Å². The van der Waals surface area contributed by atoms with Crippen molar-refractivity contribution in [2.24, 2.45) is 0 Å². The number of amides is 1. The molecule has 1 amide bonds. The van der Waals surface area contributed by atoms with Crippen LogP contribution in [0.4, 0.5) is 15.8 Å². The molecule has 1 heterocycles. The van der Waals surface area contributed by atoms with Crippen molar-refractivity contribution in [2.45, 2.75) is 25.7 Å². The highest BCUT2D eigenvalue weighted by atomic mass is 19.1. The Kier molecular flexibility index (Phi) is 6.80. The third-order valence-corrected chi connectivity index (χ3v) is 5.11. The number of ether oxygens (including phenoxy) is 3. The maximum Gasteiger partial charge on any atom is 0.224 e. The molecule has 2 aromatic rings. The molecule has 0 atom stereocenters. The Bertz CT molecular complexity index is 866. The normalized spacial score (nSPS) is 13.3. The van der Waals surface area contributed by atoms with Crippen LogP contribution in [-0.2, 0) is 11.2 Å². The standard InChI is InChI=1S/C22H27FN2O4/c1-27-18-11-9-15(21(28-2)22(18)29-3)10-12-19(26)24-20-16(23)7-6-8-17(20)25-13-4-5-14-25/h6-9,11H,4-5,10,12-14H2,1-3H3,(H,24,26). The summed E-state index contributed by atoms with van der Waals surface area (Å²) in [6, 6.07) is 8.50. The summed E-state index contributed by atoms with van der Waals surface area (Å²) in [6.07, 6.45) is 2.74. The molecule has 0 aromatic heterocycles. The molecule has 1 aliphatic heterocycles. The number of rotatable bonds is 8. The number of halogens is 1. The zero-order valence-electron chi connectivity index (χ0n) is 17.1. The van der Waals surface area contributed by atoms with Crippen molar-refractivity contribution in [1.82, 2.24) is 0 Å². The Labute approximate surface area is 170 Å². The average molecular weight is 402 g/mol. The first-order valence-electron chi connectivity index (χ1n) is 9.70. The summed E-state index contributed by atoms with van der Waals surface area (Å²) in [7, 11) is 4.63. The third kappa shape index (κ3) is 4.55. The van der Waals surface area contributed by atoms with Gasteiger partial charge in [0.05, 0.1) is 27.0 Å². The van der Waals surface area contributed by atoms with E-state index in [4.69, 9.17) is 14.2 Å². The number of nitrogens with one attached hydrogen (secondary N) is 1. The van der Waals surface area contributed by atoms with Crippen molar-refractivity contribution in [3.8, 4) is 17.2 Å². The lowest BCUT2D eigenvalue weighted by Gasteiger charge is -2.22. The molecule has 7 heteroatoms. The minimum absolute atomic E-state index is 0.180. The van der Waals surface area contributed by atoms with E-state index < -0.39 is 5.82 Å². The molecular weight excluding hydrogens is 375 g/mol. The third-order valence-electron chi connectivity index (χ3n) is 5.11. The number of anilines is 2. The summed E-state index contributed by atoms with van der Waals surface area (Å²) >= 11 is 0. The number of para-hydroxylation sites is 1. The second-order valence-electron chi connectivity index (χ2n) is 6.87. The summed E-state index contributed by atoms with van der Waals surface area (Å²) in [4.78, 5) is 14.7. The lowest BCUT2D eigenvalue weighted by molar-refractivity contribution is -0.116. The zero-order chi connectivity index (χ0) is 20.8. The first-order valence-corrected chi connectivity index (χ1v) is 9.70. The molecule has 0 aliphatic carbocycles. The van der Waals surface area contributed by atoms with E-state index in [0.717, 1.165) is 37.2 Å². The molecule has 3 rings (SSSR count). The Hall–Kier alpha value is -2.96. The van der Waals surface area contributed by atoms with E-state index in [9.17, 15) is 9.18 Å². The molecule has 2 aromatic carbocycles. The number of carbonyl (C=O) groups excluding carboxylic acids is 1. The first kappa shape index (κ1) is 20.8. The summed E-state index contributed by atoms with van der Waals surface area (Å²) in [5.74, 6) is 0.889. The molecule has 156 valence electrons. The van der Waals surface area contributed by atoms with Gasteiger partial charge in [0.1, 0.15) is 11.5 Å². The van der Waals surface area contributed by atoms with Crippen molar-refractivity contribution in [3.05, 3.63) is 41.7 Å². The van der Waals surface area contributed by atoms with Crippen LogP contribution in [0.25, 0.3) is 0 Å². The quantitative estimate of drug-likeness (QED) is 0.723. The van der Waals surface area contributed by atoms with E-state index >= 15 is 0 Å². The zero-order valence-corrected chi connectivity index (χ0v) is 17.1. The van der Waals surface area contributed by atoms with Crippen molar-refractivity contribution in [3.63, 3.8) is 0 Å². The van der Waals surface area contributed by atoms with Crippen LogP contribution >= 0.6 is 0 Å². The number of methoxy groups -OCH3 is 3. The van der Waals surface area contributed by atoms with Gasteiger partial charge in [0, 0.05) is 19.5 Å². The van der Waals surface area contributed by atoms with Gasteiger partial charge in [-0.25, -0.2) is 4.39 Å². The average Bonchev–Trinajstić information content (AvgIpc) is 3.27. The van der Waals surface area contributed by atoms with Gasteiger partial charge >= 0.3 is 0 Å².